The number of rotatable bonds is 4. The van der Waals surface area contributed by atoms with Gasteiger partial charge in [-0.1, -0.05) is 12.8 Å². The standard InChI is InChI=1S/C15H17F3N4O4S/c16-15(17,18)9-5-8(13-19-14(24)21-20-13)6-10(7-9)22-27(25,26)12-4-2-1-3-11(12)23/h5-7,11-12,22-23H,1-4H2,(H2,19,20,21,24). The maximum absolute atomic E-state index is 13.2. The van der Waals surface area contributed by atoms with Crippen molar-refractivity contribution in [2.45, 2.75) is 43.2 Å². The van der Waals surface area contributed by atoms with E-state index in [4.69, 9.17) is 0 Å². The number of sulfonamides is 1. The van der Waals surface area contributed by atoms with E-state index in [9.17, 15) is 31.5 Å². The molecule has 2 unspecified atom stereocenters. The second-order valence-electron chi connectivity index (χ2n) is 6.36. The van der Waals surface area contributed by atoms with Crippen LogP contribution in [0.4, 0.5) is 18.9 Å². The summed E-state index contributed by atoms with van der Waals surface area (Å²) in [5.41, 5.74) is -2.27. The molecule has 0 aliphatic heterocycles. The van der Waals surface area contributed by atoms with Gasteiger partial charge in [-0.3, -0.25) is 9.71 Å². The third kappa shape index (κ3) is 4.33. The summed E-state index contributed by atoms with van der Waals surface area (Å²) in [5, 5.41) is 14.5. The highest BCUT2D eigenvalue weighted by Gasteiger charge is 2.36. The maximum atomic E-state index is 13.2. The zero-order chi connectivity index (χ0) is 19.8. The molecule has 12 heteroatoms. The van der Waals surface area contributed by atoms with E-state index >= 15 is 0 Å². The van der Waals surface area contributed by atoms with E-state index in [0.29, 0.717) is 25.3 Å². The first kappa shape index (κ1) is 19.4. The predicted octanol–water partition coefficient (Wildman–Crippen LogP) is 1.83. The van der Waals surface area contributed by atoms with E-state index in [0.717, 1.165) is 12.1 Å². The van der Waals surface area contributed by atoms with Gasteiger partial charge in [-0.05, 0) is 31.0 Å². The maximum Gasteiger partial charge on any atom is 0.416 e. The number of nitrogens with zero attached hydrogens (tertiary/aromatic N) is 1. The fourth-order valence-electron chi connectivity index (χ4n) is 3.07. The van der Waals surface area contributed by atoms with Gasteiger partial charge in [-0.15, -0.1) is 0 Å². The lowest BCUT2D eigenvalue weighted by molar-refractivity contribution is -0.137. The van der Waals surface area contributed by atoms with Gasteiger partial charge in [0.15, 0.2) is 5.82 Å². The van der Waals surface area contributed by atoms with Crippen LogP contribution in [0.5, 0.6) is 0 Å². The number of aromatic nitrogens is 3. The van der Waals surface area contributed by atoms with Crippen LogP contribution in [-0.2, 0) is 16.2 Å². The second-order valence-corrected chi connectivity index (χ2v) is 8.26. The van der Waals surface area contributed by atoms with E-state index in [1.54, 1.807) is 0 Å². The van der Waals surface area contributed by atoms with E-state index in [-0.39, 0.29) is 23.5 Å². The lowest BCUT2D eigenvalue weighted by Gasteiger charge is -2.27. The molecule has 0 amide bonds. The van der Waals surface area contributed by atoms with Gasteiger partial charge in [-0.2, -0.15) is 18.3 Å². The van der Waals surface area contributed by atoms with Crippen molar-refractivity contribution in [3.8, 4) is 11.4 Å². The summed E-state index contributed by atoms with van der Waals surface area (Å²) in [5.74, 6) is -0.163. The molecule has 1 aliphatic rings. The molecule has 27 heavy (non-hydrogen) atoms. The van der Waals surface area contributed by atoms with Gasteiger partial charge in [0.2, 0.25) is 10.0 Å². The number of anilines is 1. The van der Waals surface area contributed by atoms with Crippen LogP contribution in [-0.4, -0.2) is 40.1 Å². The van der Waals surface area contributed by atoms with Crippen LogP contribution in [0.1, 0.15) is 31.2 Å². The third-order valence-corrected chi connectivity index (χ3v) is 6.23. The molecule has 148 valence electrons. The van der Waals surface area contributed by atoms with Gasteiger partial charge < -0.3 is 5.11 Å². The Morgan fingerprint density at radius 1 is 1.19 bits per heavy atom. The summed E-state index contributed by atoms with van der Waals surface area (Å²) >= 11 is 0. The molecule has 3 rings (SSSR count). The van der Waals surface area contributed by atoms with Crippen LogP contribution in [0, 0.1) is 0 Å². The number of hydrogen-bond donors (Lipinski definition) is 4. The first-order valence-corrected chi connectivity index (χ1v) is 9.68. The van der Waals surface area contributed by atoms with Crippen LogP contribution < -0.4 is 10.4 Å². The zero-order valence-corrected chi connectivity index (χ0v) is 14.7. The minimum atomic E-state index is -4.74. The molecule has 1 aromatic heterocycles. The molecule has 0 spiro atoms. The molecule has 0 radical (unpaired) electrons. The van der Waals surface area contributed by atoms with E-state index in [1.165, 1.54) is 0 Å². The normalized spacial score (nSPS) is 21.2. The third-order valence-electron chi connectivity index (χ3n) is 4.36. The van der Waals surface area contributed by atoms with Gasteiger partial charge in [0.1, 0.15) is 5.25 Å². The number of halogens is 3. The number of alkyl halides is 3. The Morgan fingerprint density at radius 3 is 2.48 bits per heavy atom. The Bertz CT molecular complexity index is 983. The highest BCUT2D eigenvalue weighted by molar-refractivity contribution is 7.93. The number of aromatic amines is 2. The monoisotopic (exact) mass is 406 g/mol. The van der Waals surface area contributed by atoms with Crippen molar-refractivity contribution in [1.29, 1.82) is 0 Å². The average molecular weight is 406 g/mol. The molecule has 1 heterocycles. The summed E-state index contributed by atoms with van der Waals surface area (Å²) in [7, 11) is -4.11. The van der Waals surface area contributed by atoms with E-state index in [2.05, 4.69) is 14.8 Å². The predicted molar refractivity (Wildman–Crippen MR) is 90.5 cm³/mol. The molecule has 1 saturated carbocycles. The number of aliphatic hydroxyl groups is 1. The Balaban J connectivity index is 2.00. The van der Waals surface area contributed by atoms with Crippen molar-refractivity contribution in [3.05, 3.63) is 34.2 Å². The highest BCUT2D eigenvalue weighted by atomic mass is 32.2. The Kier molecular flexibility index (Phi) is 5.04. The van der Waals surface area contributed by atoms with Crippen LogP contribution in [0.3, 0.4) is 0 Å². The summed E-state index contributed by atoms with van der Waals surface area (Å²) in [6.07, 6.45) is -4.00. The quantitative estimate of drug-likeness (QED) is 0.616. The molecular weight excluding hydrogens is 389 g/mol. The Hall–Kier alpha value is -2.34. The first-order valence-electron chi connectivity index (χ1n) is 8.13. The van der Waals surface area contributed by atoms with Gasteiger partial charge in [-0.25, -0.2) is 18.3 Å². The number of hydrogen-bond acceptors (Lipinski definition) is 5. The number of aliphatic hydroxyl groups excluding tert-OH is 1. The van der Waals surface area contributed by atoms with Crippen molar-refractivity contribution in [2.75, 3.05) is 4.72 Å². The van der Waals surface area contributed by atoms with Crippen LogP contribution in [0.25, 0.3) is 11.4 Å². The first-order chi connectivity index (χ1) is 12.6. The van der Waals surface area contributed by atoms with Gasteiger partial charge in [0, 0.05) is 11.3 Å². The van der Waals surface area contributed by atoms with E-state index < -0.39 is 38.8 Å². The molecule has 8 nitrogen and oxygen atoms in total. The molecule has 1 aliphatic carbocycles. The molecule has 0 saturated heterocycles. The van der Waals surface area contributed by atoms with Crippen molar-refractivity contribution in [1.82, 2.24) is 15.2 Å². The summed E-state index contributed by atoms with van der Waals surface area (Å²) < 4.78 is 66.8. The topological polar surface area (TPSA) is 128 Å². The van der Waals surface area contributed by atoms with Crippen LogP contribution in [0.2, 0.25) is 0 Å². The van der Waals surface area contributed by atoms with E-state index in [1.807, 2.05) is 5.10 Å². The summed E-state index contributed by atoms with van der Waals surface area (Å²) in [6, 6.07) is 2.54. The molecule has 2 aromatic rings. The molecule has 0 bridgehead atoms. The fraction of sp³-hybridized carbons (Fsp3) is 0.467. The molecule has 1 fully saturated rings. The minimum absolute atomic E-state index is 0.120. The van der Waals surface area contributed by atoms with Gasteiger partial charge >= 0.3 is 11.9 Å². The zero-order valence-electron chi connectivity index (χ0n) is 13.9. The number of nitrogens with one attached hydrogen (secondary N) is 3. The van der Waals surface area contributed by atoms with Crippen LogP contribution in [0.15, 0.2) is 23.0 Å². The number of benzene rings is 1. The highest BCUT2D eigenvalue weighted by Crippen LogP contribution is 2.35. The van der Waals surface area contributed by atoms with Crippen LogP contribution >= 0.6 is 0 Å². The Morgan fingerprint density at radius 2 is 1.89 bits per heavy atom. The molecule has 4 N–H and O–H groups in total. The lowest BCUT2D eigenvalue weighted by Crippen LogP contribution is -2.40. The molecule has 1 aromatic carbocycles. The van der Waals surface area contributed by atoms with Gasteiger partial charge in [0.25, 0.3) is 0 Å². The van der Waals surface area contributed by atoms with Crippen molar-refractivity contribution in [3.63, 3.8) is 0 Å². The second kappa shape index (κ2) is 7.00. The summed E-state index contributed by atoms with van der Waals surface area (Å²) in [4.78, 5) is 13.4. The average Bonchev–Trinajstić information content (AvgIpc) is 3.00. The SMILES string of the molecule is O=c1[nH]nc(-c2cc(NS(=O)(=O)C3CCCCC3O)cc(C(F)(F)F)c2)[nH]1. The largest absolute Gasteiger partial charge is 0.416 e. The van der Waals surface area contributed by atoms with Gasteiger partial charge in [0.05, 0.1) is 11.7 Å². The lowest BCUT2D eigenvalue weighted by atomic mass is 9.97. The molecule has 2 atom stereocenters. The van der Waals surface area contributed by atoms with Crippen molar-refractivity contribution >= 4 is 15.7 Å². The van der Waals surface area contributed by atoms with Crippen molar-refractivity contribution < 1.29 is 26.7 Å². The molecular formula is C15H17F3N4O4S. The Labute approximate surface area is 151 Å². The summed E-state index contributed by atoms with van der Waals surface area (Å²) in [6.45, 7) is 0. The smallest absolute Gasteiger partial charge is 0.392 e. The minimum Gasteiger partial charge on any atom is -0.392 e. The fourth-order valence-corrected chi connectivity index (χ4v) is 4.70. The number of H-pyrrole nitrogens is 2. The van der Waals surface area contributed by atoms with Crippen molar-refractivity contribution in [2.24, 2.45) is 0 Å².